The molecule has 0 radical (unpaired) electrons. The number of fused-ring (bicyclic) bond motifs is 1. The number of rotatable bonds is 7. The Morgan fingerprint density at radius 2 is 1.86 bits per heavy atom. The molecule has 8 nitrogen and oxygen atoms in total. The number of halogens is 3. The first-order chi connectivity index (χ1) is 17.1. The number of alkyl halides is 3. The number of benzene rings is 2. The SMILES string of the molecule is Cc1ccc2nc(NC(=O)COC3CCC(Nc4ccc([N+](=O)[O-])c(C(F)(F)F)c4)CC3)ccc2c1. The number of pyridine rings is 1. The van der Waals surface area contributed by atoms with E-state index >= 15 is 0 Å². The van der Waals surface area contributed by atoms with Crippen LogP contribution in [-0.4, -0.2) is 34.6 Å². The molecule has 1 amide bonds. The molecule has 2 N–H and O–H groups in total. The summed E-state index contributed by atoms with van der Waals surface area (Å²) in [7, 11) is 0. The number of amides is 1. The van der Waals surface area contributed by atoms with Gasteiger partial charge in [-0.15, -0.1) is 0 Å². The summed E-state index contributed by atoms with van der Waals surface area (Å²) >= 11 is 0. The monoisotopic (exact) mass is 502 g/mol. The fourth-order valence-corrected chi connectivity index (χ4v) is 4.31. The molecule has 0 saturated heterocycles. The lowest BCUT2D eigenvalue weighted by molar-refractivity contribution is -0.388. The Balaban J connectivity index is 1.25. The van der Waals surface area contributed by atoms with E-state index in [0.717, 1.165) is 28.6 Å². The second kappa shape index (κ2) is 10.5. The van der Waals surface area contributed by atoms with Gasteiger partial charge in [0.25, 0.3) is 11.6 Å². The molecule has 3 aromatic rings. The summed E-state index contributed by atoms with van der Waals surface area (Å²) in [5.41, 5.74) is -0.178. The van der Waals surface area contributed by atoms with E-state index in [9.17, 15) is 28.1 Å². The quantitative estimate of drug-likeness (QED) is 0.310. The molecular weight excluding hydrogens is 477 g/mol. The highest BCUT2D eigenvalue weighted by atomic mass is 19.4. The minimum Gasteiger partial charge on any atom is -0.382 e. The van der Waals surface area contributed by atoms with Gasteiger partial charge in [0.2, 0.25) is 0 Å². The Labute approximate surface area is 205 Å². The largest absolute Gasteiger partial charge is 0.423 e. The third-order valence-electron chi connectivity index (χ3n) is 6.11. The molecule has 36 heavy (non-hydrogen) atoms. The van der Waals surface area contributed by atoms with Crippen LogP contribution in [0.2, 0.25) is 0 Å². The number of carbonyl (C=O) groups excluding carboxylic acids is 1. The van der Waals surface area contributed by atoms with Crippen LogP contribution in [0.25, 0.3) is 10.9 Å². The van der Waals surface area contributed by atoms with Gasteiger partial charge in [-0.25, -0.2) is 4.98 Å². The molecule has 0 bridgehead atoms. The number of anilines is 2. The van der Waals surface area contributed by atoms with Gasteiger partial charge in [0.15, 0.2) is 0 Å². The molecule has 11 heteroatoms. The van der Waals surface area contributed by atoms with Crippen molar-refractivity contribution in [1.29, 1.82) is 0 Å². The lowest BCUT2D eigenvalue weighted by atomic mass is 9.92. The molecule has 1 saturated carbocycles. The van der Waals surface area contributed by atoms with E-state index in [1.54, 1.807) is 6.07 Å². The Bertz CT molecular complexity index is 1270. The summed E-state index contributed by atoms with van der Waals surface area (Å²) in [4.78, 5) is 26.6. The Hall–Kier alpha value is -3.73. The van der Waals surface area contributed by atoms with Crippen molar-refractivity contribution in [3.8, 4) is 0 Å². The van der Waals surface area contributed by atoms with Crippen LogP contribution < -0.4 is 10.6 Å². The number of nitro groups is 1. The molecule has 1 aliphatic rings. The van der Waals surface area contributed by atoms with Gasteiger partial charge in [-0.05, 0) is 69.0 Å². The highest BCUT2D eigenvalue weighted by Crippen LogP contribution is 2.38. The van der Waals surface area contributed by atoms with Crippen LogP contribution in [-0.2, 0) is 15.7 Å². The van der Waals surface area contributed by atoms with E-state index in [2.05, 4.69) is 15.6 Å². The van der Waals surface area contributed by atoms with E-state index in [1.165, 1.54) is 6.07 Å². The average Bonchev–Trinajstić information content (AvgIpc) is 2.83. The number of hydrogen-bond acceptors (Lipinski definition) is 6. The first kappa shape index (κ1) is 25.4. The molecule has 1 aromatic heterocycles. The highest BCUT2D eigenvalue weighted by molar-refractivity contribution is 5.92. The van der Waals surface area contributed by atoms with Crippen molar-refractivity contribution >= 4 is 34.0 Å². The van der Waals surface area contributed by atoms with Crippen molar-refractivity contribution in [1.82, 2.24) is 4.98 Å². The first-order valence-electron chi connectivity index (χ1n) is 11.5. The maximum atomic E-state index is 13.2. The predicted octanol–water partition coefficient (Wildman–Crippen LogP) is 5.85. The predicted molar refractivity (Wildman–Crippen MR) is 129 cm³/mol. The van der Waals surface area contributed by atoms with E-state index in [1.807, 2.05) is 31.2 Å². The van der Waals surface area contributed by atoms with Crippen molar-refractivity contribution in [2.45, 2.75) is 50.9 Å². The third-order valence-corrected chi connectivity index (χ3v) is 6.11. The lowest BCUT2D eigenvalue weighted by Crippen LogP contribution is -2.31. The number of nitrogens with one attached hydrogen (secondary N) is 2. The van der Waals surface area contributed by atoms with Gasteiger partial charge in [0.05, 0.1) is 16.5 Å². The van der Waals surface area contributed by atoms with Crippen LogP contribution in [0.5, 0.6) is 0 Å². The van der Waals surface area contributed by atoms with Crippen molar-refractivity contribution in [2.24, 2.45) is 0 Å². The van der Waals surface area contributed by atoms with Crippen LogP contribution in [0.3, 0.4) is 0 Å². The number of nitro benzene ring substituents is 1. The van der Waals surface area contributed by atoms with Crippen LogP contribution in [0.15, 0.2) is 48.5 Å². The Morgan fingerprint density at radius 3 is 2.56 bits per heavy atom. The average molecular weight is 502 g/mol. The number of aryl methyl sites for hydroxylation is 1. The van der Waals surface area contributed by atoms with Gasteiger partial charge in [-0.3, -0.25) is 14.9 Å². The number of nitrogens with zero attached hydrogens (tertiary/aromatic N) is 2. The van der Waals surface area contributed by atoms with E-state index in [4.69, 9.17) is 4.74 Å². The normalized spacial score (nSPS) is 18.1. The van der Waals surface area contributed by atoms with Crippen LogP contribution >= 0.6 is 0 Å². The van der Waals surface area contributed by atoms with Gasteiger partial charge < -0.3 is 15.4 Å². The summed E-state index contributed by atoms with van der Waals surface area (Å²) < 4.78 is 45.3. The fraction of sp³-hybridized carbons (Fsp3) is 0.360. The molecule has 1 fully saturated rings. The number of ether oxygens (including phenoxy) is 1. The molecule has 0 unspecified atom stereocenters. The van der Waals surface area contributed by atoms with Crippen LogP contribution in [0.1, 0.15) is 36.8 Å². The number of carbonyl (C=O) groups is 1. The van der Waals surface area contributed by atoms with Gasteiger partial charge in [-0.1, -0.05) is 11.6 Å². The summed E-state index contributed by atoms with van der Waals surface area (Å²) in [5, 5.41) is 17.7. The summed E-state index contributed by atoms with van der Waals surface area (Å²) in [6.45, 7) is 1.86. The van der Waals surface area contributed by atoms with Gasteiger partial charge in [0, 0.05) is 23.2 Å². The summed E-state index contributed by atoms with van der Waals surface area (Å²) in [5.74, 6) is 0.119. The number of aromatic nitrogens is 1. The molecular formula is C25H25F3N4O4. The van der Waals surface area contributed by atoms with Crippen LogP contribution in [0.4, 0.5) is 30.4 Å². The minimum absolute atomic E-state index is 0.105. The molecule has 0 atom stereocenters. The first-order valence-corrected chi connectivity index (χ1v) is 11.5. The minimum atomic E-state index is -4.83. The second-order valence-corrected chi connectivity index (χ2v) is 8.86. The second-order valence-electron chi connectivity index (χ2n) is 8.86. The molecule has 0 spiro atoms. The molecule has 2 aromatic carbocycles. The zero-order chi connectivity index (χ0) is 25.9. The van der Waals surface area contributed by atoms with Gasteiger partial charge >= 0.3 is 6.18 Å². The standard InChI is InChI=1S/C25H25F3N4O4/c1-15-2-9-21-16(12-15)3-11-23(30-21)31-24(33)14-36-19-7-4-17(5-8-19)29-18-6-10-22(32(34)35)20(13-18)25(26,27)28/h2-3,6,9-13,17,19,29H,4-5,7-8,14H2,1H3,(H,30,31,33). The third kappa shape index (κ3) is 6.28. The van der Waals surface area contributed by atoms with Gasteiger partial charge in [0.1, 0.15) is 18.0 Å². The zero-order valence-electron chi connectivity index (χ0n) is 19.5. The highest BCUT2D eigenvalue weighted by Gasteiger charge is 2.38. The molecule has 1 heterocycles. The molecule has 1 aliphatic carbocycles. The molecule has 190 valence electrons. The van der Waals surface area contributed by atoms with Crippen molar-refractivity contribution in [3.05, 3.63) is 69.8 Å². The number of hydrogen-bond donors (Lipinski definition) is 2. The van der Waals surface area contributed by atoms with Crippen molar-refractivity contribution in [2.75, 3.05) is 17.2 Å². The van der Waals surface area contributed by atoms with E-state index in [0.29, 0.717) is 31.5 Å². The van der Waals surface area contributed by atoms with E-state index < -0.39 is 22.4 Å². The van der Waals surface area contributed by atoms with Gasteiger partial charge in [-0.2, -0.15) is 13.2 Å². The lowest BCUT2D eigenvalue weighted by Gasteiger charge is -2.29. The van der Waals surface area contributed by atoms with E-state index in [-0.39, 0.29) is 30.3 Å². The summed E-state index contributed by atoms with van der Waals surface area (Å²) in [6.07, 6.45) is -2.49. The maximum absolute atomic E-state index is 13.2. The molecule has 4 rings (SSSR count). The van der Waals surface area contributed by atoms with Crippen molar-refractivity contribution in [3.63, 3.8) is 0 Å². The Kier molecular flexibility index (Phi) is 7.39. The summed E-state index contributed by atoms with van der Waals surface area (Å²) in [6, 6.07) is 12.3. The zero-order valence-corrected chi connectivity index (χ0v) is 19.5. The fourth-order valence-electron chi connectivity index (χ4n) is 4.31. The Morgan fingerprint density at radius 1 is 1.11 bits per heavy atom. The topological polar surface area (TPSA) is 106 Å². The molecule has 0 aliphatic heterocycles. The smallest absolute Gasteiger partial charge is 0.382 e. The van der Waals surface area contributed by atoms with Crippen molar-refractivity contribution < 1.29 is 27.6 Å². The van der Waals surface area contributed by atoms with Crippen LogP contribution in [0, 0.1) is 17.0 Å². The maximum Gasteiger partial charge on any atom is 0.423 e.